The summed E-state index contributed by atoms with van der Waals surface area (Å²) < 4.78 is 10.6. The minimum Gasteiger partial charge on any atom is -0.452 e. The van der Waals surface area contributed by atoms with Crippen molar-refractivity contribution in [3.05, 3.63) is 65.8 Å². The lowest BCUT2D eigenvalue weighted by molar-refractivity contribution is 0.0438. The molecule has 1 aromatic carbocycles. The number of ether oxygens (including phenoxy) is 1. The van der Waals surface area contributed by atoms with Crippen LogP contribution in [-0.4, -0.2) is 21.2 Å². The maximum Gasteiger partial charge on any atom is 0.340 e. The molecule has 0 aliphatic rings. The summed E-state index contributed by atoms with van der Waals surface area (Å²) in [6.07, 6.45) is 1.47. The maximum atomic E-state index is 11.9. The van der Waals surface area contributed by atoms with Crippen LogP contribution in [0.5, 0.6) is 0 Å². The van der Waals surface area contributed by atoms with E-state index in [1.807, 2.05) is 37.3 Å². The highest BCUT2D eigenvalue weighted by Crippen LogP contribution is 2.17. The smallest absolute Gasteiger partial charge is 0.340 e. The molecule has 0 bridgehead atoms. The van der Waals surface area contributed by atoms with Crippen LogP contribution in [0.2, 0.25) is 0 Å². The van der Waals surface area contributed by atoms with Gasteiger partial charge in [-0.05, 0) is 31.2 Å². The standard InChI is InChI=1S/C16H13N3O3/c1-11-7-8-13(9-17-11)16(20)21-10-14-18-19-15(22-14)12-5-3-2-4-6-12/h2-9H,10H2,1H3. The van der Waals surface area contributed by atoms with E-state index >= 15 is 0 Å². The molecule has 6 nitrogen and oxygen atoms in total. The predicted molar refractivity (Wildman–Crippen MR) is 77.8 cm³/mol. The van der Waals surface area contributed by atoms with E-state index in [4.69, 9.17) is 9.15 Å². The van der Waals surface area contributed by atoms with Gasteiger partial charge in [0.1, 0.15) is 0 Å². The molecule has 0 aliphatic heterocycles. The fourth-order valence-electron chi connectivity index (χ4n) is 1.81. The quantitative estimate of drug-likeness (QED) is 0.689. The first-order chi connectivity index (χ1) is 10.7. The van der Waals surface area contributed by atoms with Crippen LogP contribution in [0.15, 0.2) is 53.1 Å². The van der Waals surface area contributed by atoms with E-state index in [1.54, 1.807) is 12.1 Å². The van der Waals surface area contributed by atoms with Crippen LogP contribution < -0.4 is 0 Å². The van der Waals surface area contributed by atoms with E-state index in [2.05, 4.69) is 15.2 Å². The first kappa shape index (κ1) is 13.9. The molecule has 2 aromatic heterocycles. The summed E-state index contributed by atoms with van der Waals surface area (Å²) in [5.41, 5.74) is 2.03. The molecule has 0 saturated heterocycles. The number of pyridine rings is 1. The summed E-state index contributed by atoms with van der Waals surface area (Å²) in [7, 11) is 0. The Morgan fingerprint density at radius 1 is 1.14 bits per heavy atom. The Bertz CT molecular complexity index is 767. The Morgan fingerprint density at radius 3 is 2.68 bits per heavy atom. The molecule has 0 amide bonds. The molecule has 0 radical (unpaired) electrons. The van der Waals surface area contributed by atoms with Gasteiger partial charge < -0.3 is 9.15 Å². The van der Waals surface area contributed by atoms with E-state index in [0.717, 1.165) is 11.3 Å². The number of esters is 1. The Morgan fingerprint density at radius 2 is 1.95 bits per heavy atom. The molecule has 0 atom stereocenters. The van der Waals surface area contributed by atoms with Gasteiger partial charge in [0.15, 0.2) is 6.61 Å². The van der Waals surface area contributed by atoms with Crippen LogP contribution in [0.3, 0.4) is 0 Å². The summed E-state index contributed by atoms with van der Waals surface area (Å²) in [6, 6.07) is 12.8. The van der Waals surface area contributed by atoms with Gasteiger partial charge in [-0.3, -0.25) is 4.98 Å². The molecule has 0 unspecified atom stereocenters. The van der Waals surface area contributed by atoms with Crippen LogP contribution in [0.1, 0.15) is 21.9 Å². The number of aryl methyl sites for hydroxylation is 1. The number of aromatic nitrogens is 3. The summed E-state index contributed by atoms with van der Waals surface area (Å²) >= 11 is 0. The van der Waals surface area contributed by atoms with Crippen molar-refractivity contribution in [3.63, 3.8) is 0 Å². The van der Waals surface area contributed by atoms with Gasteiger partial charge in [0.25, 0.3) is 5.89 Å². The Kier molecular flexibility index (Phi) is 3.91. The van der Waals surface area contributed by atoms with E-state index in [9.17, 15) is 4.79 Å². The number of rotatable bonds is 4. The predicted octanol–water partition coefficient (Wildman–Crippen LogP) is 2.80. The fourth-order valence-corrected chi connectivity index (χ4v) is 1.81. The first-order valence-corrected chi connectivity index (χ1v) is 6.70. The van der Waals surface area contributed by atoms with Gasteiger partial charge in [-0.1, -0.05) is 18.2 Å². The molecule has 0 saturated carbocycles. The molecule has 3 rings (SSSR count). The van der Waals surface area contributed by atoms with Gasteiger partial charge in [-0.15, -0.1) is 10.2 Å². The first-order valence-electron chi connectivity index (χ1n) is 6.70. The van der Waals surface area contributed by atoms with Gasteiger partial charge in [0.2, 0.25) is 5.89 Å². The summed E-state index contributed by atoms with van der Waals surface area (Å²) in [4.78, 5) is 15.9. The van der Waals surface area contributed by atoms with Crippen LogP contribution >= 0.6 is 0 Å². The summed E-state index contributed by atoms with van der Waals surface area (Å²) in [6.45, 7) is 1.77. The Labute approximate surface area is 126 Å². The second kappa shape index (κ2) is 6.17. The zero-order valence-electron chi connectivity index (χ0n) is 11.9. The van der Waals surface area contributed by atoms with E-state index in [1.165, 1.54) is 6.20 Å². The lowest BCUT2D eigenvalue weighted by Crippen LogP contribution is -2.06. The molecule has 110 valence electrons. The highest BCUT2D eigenvalue weighted by atomic mass is 16.5. The van der Waals surface area contributed by atoms with Crippen molar-refractivity contribution < 1.29 is 13.9 Å². The SMILES string of the molecule is Cc1ccc(C(=O)OCc2nnc(-c3ccccc3)o2)cn1. The van der Waals surface area contributed by atoms with E-state index in [0.29, 0.717) is 11.5 Å². The van der Waals surface area contributed by atoms with Crippen molar-refractivity contribution in [3.8, 4) is 11.5 Å². The fraction of sp³-hybridized carbons (Fsp3) is 0.125. The lowest BCUT2D eigenvalue weighted by atomic mass is 10.2. The number of nitrogens with zero attached hydrogens (tertiary/aromatic N) is 3. The van der Waals surface area contributed by atoms with Gasteiger partial charge in [-0.25, -0.2) is 4.79 Å². The van der Waals surface area contributed by atoms with Crippen LogP contribution in [0.25, 0.3) is 11.5 Å². The van der Waals surface area contributed by atoms with Gasteiger partial charge in [0.05, 0.1) is 5.56 Å². The van der Waals surface area contributed by atoms with Crippen molar-refractivity contribution in [2.75, 3.05) is 0 Å². The Hall–Kier alpha value is -3.02. The topological polar surface area (TPSA) is 78.1 Å². The minimum atomic E-state index is -0.480. The number of benzene rings is 1. The van der Waals surface area contributed by atoms with Crippen molar-refractivity contribution in [1.29, 1.82) is 0 Å². The summed E-state index contributed by atoms with van der Waals surface area (Å²) in [5.74, 6) is 0.155. The van der Waals surface area contributed by atoms with Gasteiger partial charge in [0, 0.05) is 17.5 Å². The third-order valence-corrected chi connectivity index (χ3v) is 2.96. The number of hydrogen-bond donors (Lipinski definition) is 0. The molecule has 22 heavy (non-hydrogen) atoms. The van der Waals surface area contributed by atoms with Crippen LogP contribution in [0.4, 0.5) is 0 Å². The van der Waals surface area contributed by atoms with Gasteiger partial charge >= 0.3 is 5.97 Å². The zero-order valence-corrected chi connectivity index (χ0v) is 11.9. The summed E-state index contributed by atoms with van der Waals surface area (Å²) in [5, 5.41) is 7.79. The molecule has 6 heteroatoms. The highest BCUT2D eigenvalue weighted by Gasteiger charge is 2.12. The molecule has 0 spiro atoms. The minimum absolute atomic E-state index is 0.0768. The maximum absolute atomic E-state index is 11.9. The zero-order chi connectivity index (χ0) is 15.4. The van der Waals surface area contributed by atoms with Crippen molar-refractivity contribution in [2.24, 2.45) is 0 Å². The average Bonchev–Trinajstić information content (AvgIpc) is 3.03. The molecule has 0 aliphatic carbocycles. The average molecular weight is 295 g/mol. The number of carbonyl (C=O) groups excluding carboxylic acids is 1. The van der Waals surface area contributed by atoms with Gasteiger partial charge in [-0.2, -0.15) is 0 Å². The van der Waals surface area contributed by atoms with E-state index < -0.39 is 5.97 Å². The monoisotopic (exact) mass is 295 g/mol. The third kappa shape index (κ3) is 3.17. The van der Waals surface area contributed by atoms with E-state index in [-0.39, 0.29) is 12.5 Å². The van der Waals surface area contributed by atoms with Crippen molar-refractivity contribution >= 4 is 5.97 Å². The lowest BCUT2D eigenvalue weighted by Gasteiger charge is -2.01. The third-order valence-electron chi connectivity index (χ3n) is 2.96. The van der Waals surface area contributed by atoms with Crippen molar-refractivity contribution in [1.82, 2.24) is 15.2 Å². The molecule has 2 heterocycles. The van der Waals surface area contributed by atoms with Crippen molar-refractivity contribution in [2.45, 2.75) is 13.5 Å². The Balaban J connectivity index is 1.64. The largest absolute Gasteiger partial charge is 0.452 e. The van der Waals surface area contributed by atoms with Crippen LogP contribution in [-0.2, 0) is 11.3 Å². The molecule has 0 N–H and O–H groups in total. The molecule has 0 fully saturated rings. The normalized spacial score (nSPS) is 10.4. The molecule has 3 aromatic rings. The number of carbonyl (C=O) groups is 1. The second-order valence-corrected chi connectivity index (χ2v) is 4.63. The highest BCUT2D eigenvalue weighted by molar-refractivity contribution is 5.88. The number of hydrogen-bond acceptors (Lipinski definition) is 6. The molecular weight excluding hydrogens is 282 g/mol. The molecular formula is C16H13N3O3. The second-order valence-electron chi connectivity index (χ2n) is 4.63. The van der Waals surface area contributed by atoms with Crippen LogP contribution in [0, 0.1) is 6.92 Å².